The fraction of sp³-hybridized carbons (Fsp3) is 0.182. The van der Waals surface area contributed by atoms with E-state index < -0.39 is 0 Å². The number of amides is 2. The third kappa shape index (κ3) is 3.35. The average Bonchev–Trinajstić information content (AvgIpc) is 3.55. The summed E-state index contributed by atoms with van der Waals surface area (Å²) in [7, 11) is 0. The number of carbonyl (C=O) groups is 2. The molecule has 0 bridgehead atoms. The number of rotatable bonds is 4. The van der Waals surface area contributed by atoms with E-state index in [4.69, 9.17) is 0 Å². The Morgan fingerprint density at radius 1 is 1.07 bits per heavy atom. The van der Waals surface area contributed by atoms with E-state index in [2.05, 4.69) is 15.4 Å². The molecule has 0 unspecified atom stereocenters. The maximum absolute atomic E-state index is 12.8. The molecule has 0 aliphatic carbocycles. The molecule has 0 atom stereocenters. The van der Waals surface area contributed by atoms with Crippen LogP contribution in [0.2, 0.25) is 0 Å². The van der Waals surface area contributed by atoms with Crippen LogP contribution >= 0.6 is 11.3 Å². The van der Waals surface area contributed by atoms with Gasteiger partial charge in [0.1, 0.15) is 0 Å². The SMILES string of the molecule is O=C(c1cccs1)c1cnn2c(-c3cccc(NC(=O)N4CCCC4)c3)ccnc12. The number of nitrogens with one attached hydrogen (secondary N) is 1. The predicted molar refractivity (Wildman–Crippen MR) is 116 cm³/mol. The minimum Gasteiger partial charge on any atom is -0.325 e. The van der Waals surface area contributed by atoms with Crippen molar-refractivity contribution in [2.75, 3.05) is 18.4 Å². The smallest absolute Gasteiger partial charge is 0.321 e. The molecule has 1 aliphatic heterocycles. The van der Waals surface area contributed by atoms with Crippen molar-refractivity contribution in [3.05, 3.63) is 70.7 Å². The molecular weight excluding hydrogens is 398 g/mol. The van der Waals surface area contributed by atoms with Gasteiger partial charge in [0.15, 0.2) is 5.65 Å². The Bertz CT molecular complexity index is 1230. The van der Waals surface area contributed by atoms with Crippen LogP contribution in [0.15, 0.2) is 60.2 Å². The van der Waals surface area contributed by atoms with E-state index in [1.807, 2.05) is 46.7 Å². The highest BCUT2D eigenvalue weighted by Gasteiger charge is 2.20. The first-order chi connectivity index (χ1) is 14.7. The van der Waals surface area contributed by atoms with Gasteiger partial charge in [-0.3, -0.25) is 4.79 Å². The largest absolute Gasteiger partial charge is 0.325 e. The number of nitrogens with zero attached hydrogens (tertiary/aromatic N) is 4. The van der Waals surface area contributed by atoms with Gasteiger partial charge in [-0.1, -0.05) is 18.2 Å². The Hall–Kier alpha value is -3.52. The van der Waals surface area contributed by atoms with Gasteiger partial charge < -0.3 is 10.2 Å². The lowest BCUT2D eigenvalue weighted by atomic mass is 10.1. The molecular formula is C22H19N5O2S. The molecule has 1 saturated heterocycles. The molecule has 1 aliphatic rings. The molecule has 7 nitrogen and oxygen atoms in total. The molecule has 30 heavy (non-hydrogen) atoms. The van der Waals surface area contributed by atoms with Gasteiger partial charge >= 0.3 is 6.03 Å². The topological polar surface area (TPSA) is 79.6 Å². The lowest BCUT2D eigenvalue weighted by molar-refractivity contribution is 0.104. The number of fused-ring (bicyclic) bond motifs is 1. The van der Waals surface area contributed by atoms with Crippen LogP contribution in [0.1, 0.15) is 28.1 Å². The highest BCUT2D eigenvalue weighted by Crippen LogP contribution is 2.25. The first-order valence-corrected chi connectivity index (χ1v) is 10.7. The third-order valence-corrected chi connectivity index (χ3v) is 6.06. The zero-order chi connectivity index (χ0) is 20.5. The van der Waals surface area contributed by atoms with Crippen LogP contribution in [-0.4, -0.2) is 44.4 Å². The van der Waals surface area contributed by atoms with Gasteiger partial charge in [0.05, 0.1) is 22.3 Å². The van der Waals surface area contributed by atoms with E-state index in [1.165, 1.54) is 11.3 Å². The van der Waals surface area contributed by atoms with Gasteiger partial charge in [0.2, 0.25) is 5.78 Å². The highest BCUT2D eigenvalue weighted by atomic mass is 32.1. The lowest BCUT2D eigenvalue weighted by Gasteiger charge is -2.16. The van der Waals surface area contributed by atoms with Crippen LogP contribution in [-0.2, 0) is 0 Å². The fourth-order valence-corrected chi connectivity index (χ4v) is 4.37. The predicted octanol–water partition coefficient (Wildman–Crippen LogP) is 4.32. The van der Waals surface area contributed by atoms with E-state index in [1.54, 1.807) is 23.0 Å². The molecule has 150 valence electrons. The van der Waals surface area contributed by atoms with Crippen molar-refractivity contribution in [3.63, 3.8) is 0 Å². The normalized spacial score (nSPS) is 13.7. The van der Waals surface area contributed by atoms with Gasteiger partial charge in [0.25, 0.3) is 0 Å². The molecule has 3 aromatic heterocycles. The van der Waals surface area contributed by atoms with Crippen molar-refractivity contribution in [1.29, 1.82) is 0 Å². The van der Waals surface area contributed by atoms with Crippen LogP contribution < -0.4 is 5.32 Å². The van der Waals surface area contributed by atoms with Gasteiger partial charge in [-0.15, -0.1) is 11.3 Å². The zero-order valence-electron chi connectivity index (χ0n) is 16.1. The summed E-state index contributed by atoms with van der Waals surface area (Å²) in [6, 6.07) is 13.0. The van der Waals surface area contributed by atoms with E-state index >= 15 is 0 Å². The first kappa shape index (κ1) is 18.5. The maximum Gasteiger partial charge on any atom is 0.321 e. The Morgan fingerprint density at radius 3 is 2.73 bits per heavy atom. The lowest BCUT2D eigenvalue weighted by Crippen LogP contribution is -2.32. The van der Waals surface area contributed by atoms with Crippen molar-refractivity contribution >= 4 is 34.5 Å². The number of hydrogen-bond acceptors (Lipinski definition) is 5. The van der Waals surface area contributed by atoms with E-state index in [-0.39, 0.29) is 11.8 Å². The van der Waals surface area contributed by atoms with Crippen LogP contribution in [0.25, 0.3) is 16.9 Å². The van der Waals surface area contributed by atoms with Crippen molar-refractivity contribution in [2.45, 2.75) is 12.8 Å². The summed E-state index contributed by atoms with van der Waals surface area (Å²) in [6.07, 6.45) is 5.34. The molecule has 8 heteroatoms. The molecule has 2 amide bonds. The minimum atomic E-state index is -0.0868. The fourth-order valence-electron chi connectivity index (χ4n) is 3.69. The van der Waals surface area contributed by atoms with Crippen molar-refractivity contribution in [1.82, 2.24) is 19.5 Å². The van der Waals surface area contributed by atoms with Crippen LogP contribution in [0, 0.1) is 0 Å². The Kier molecular flexibility index (Phi) is 4.76. The molecule has 0 radical (unpaired) electrons. The first-order valence-electron chi connectivity index (χ1n) is 9.78. The van der Waals surface area contributed by atoms with Gasteiger partial charge in [0, 0.05) is 30.5 Å². The molecule has 1 aromatic carbocycles. The van der Waals surface area contributed by atoms with Crippen LogP contribution in [0.5, 0.6) is 0 Å². The van der Waals surface area contributed by atoms with Crippen molar-refractivity contribution < 1.29 is 9.59 Å². The maximum atomic E-state index is 12.8. The summed E-state index contributed by atoms with van der Waals surface area (Å²) in [5.74, 6) is -0.0868. The summed E-state index contributed by atoms with van der Waals surface area (Å²) < 4.78 is 1.67. The molecule has 4 heterocycles. The van der Waals surface area contributed by atoms with Crippen LogP contribution in [0.3, 0.4) is 0 Å². The van der Waals surface area contributed by atoms with E-state index in [0.717, 1.165) is 42.9 Å². The zero-order valence-corrected chi connectivity index (χ0v) is 16.9. The van der Waals surface area contributed by atoms with Gasteiger partial charge in [-0.25, -0.2) is 14.3 Å². The monoisotopic (exact) mass is 417 g/mol. The number of benzene rings is 1. The Balaban J connectivity index is 1.48. The highest BCUT2D eigenvalue weighted by molar-refractivity contribution is 7.12. The van der Waals surface area contributed by atoms with Gasteiger partial charge in [-0.2, -0.15) is 5.10 Å². The van der Waals surface area contributed by atoms with Crippen molar-refractivity contribution in [2.24, 2.45) is 0 Å². The third-order valence-electron chi connectivity index (χ3n) is 5.19. The number of likely N-dealkylation sites (tertiary alicyclic amines) is 1. The minimum absolute atomic E-state index is 0.0764. The Morgan fingerprint density at radius 2 is 1.93 bits per heavy atom. The Labute approximate surface area is 177 Å². The summed E-state index contributed by atoms with van der Waals surface area (Å²) in [5.41, 5.74) is 3.37. The number of hydrogen-bond donors (Lipinski definition) is 1. The van der Waals surface area contributed by atoms with E-state index in [9.17, 15) is 9.59 Å². The summed E-state index contributed by atoms with van der Waals surface area (Å²) >= 11 is 1.40. The molecule has 1 fully saturated rings. The molecule has 5 rings (SSSR count). The molecule has 0 spiro atoms. The molecule has 0 saturated carbocycles. The number of ketones is 1. The summed E-state index contributed by atoms with van der Waals surface area (Å²) in [5, 5.41) is 9.27. The number of anilines is 1. The average molecular weight is 417 g/mol. The quantitative estimate of drug-likeness (QED) is 0.502. The second kappa shape index (κ2) is 7.72. The molecule has 1 N–H and O–H groups in total. The van der Waals surface area contributed by atoms with Crippen molar-refractivity contribution in [3.8, 4) is 11.3 Å². The second-order valence-electron chi connectivity index (χ2n) is 7.14. The second-order valence-corrected chi connectivity index (χ2v) is 8.08. The van der Waals surface area contributed by atoms with Crippen LogP contribution in [0.4, 0.5) is 10.5 Å². The molecule has 4 aromatic rings. The summed E-state index contributed by atoms with van der Waals surface area (Å²) in [4.78, 5) is 32.1. The van der Waals surface area contributed by atoms with E-state index in [0.29, 0.717) is 16.1 Å². The van der Waals surface area contributed by atoms with Gasteiger partial charge in [-0.05, 0) is 42.5 Å². The number of carbonyl (C=O) groups excluding carboxylic acids is 2. The summed E-state index contributed by atoms with van der Waals surface area (Å²) in [6.45, 7) is 1.59. The standard InChI is InChI=1S/C22H19N5O2S/c28-20(19-7-4-12-30-19)17-14-24-27-18(8-9-23-21(17)27)15-5-3-6-16(13-15)25-22(29)26-10-1-2-11-26/h3-9,12-14H,1-2,10-11H2,(H,25,29). The number of thiophene rings is 1. The number of aromatic nitrogens is 3. The number of urea groups is 1.